The average Bonchev–Trinajstić information content (AvgIpc) is 2.89. The molecule has 0 heterocycles. The highest BCUT2D eigenvalue weighted by atomic mass is 28.4. The van der Waals surface area contributed by atoms with E-state index >= 15 is 0 Å². The predicted molar refractivity (Wildman–Crippen MR) is 106 cm³/mol. The maximum Gasteiger partial charge on any atom is 0.184 e. The Labute approximate surface area is 154 Å². The van der Waals surface area contributed by atoms with Crippen molar-refractivity contribution in [1.29, 1.82) is 0 Å². The van der Waals surface area contributed by atoms with Crippen LogP contribution in [0.4, 0.5) is 0 Å². The molecule has 3 aliphatic carbocycles. The second-order valence-electron chi connectivity index (χ2n) is 9.82. The molecule has 138 valence electrons. The normalized spacial score (nSPS) is 37.2. The van der Waals surface area contributed by atoms with Crippen molar-refractivity contribution >= 4 is 8.32 Å². The summed E-state index contributed by atoms with van der Waals surface area (Å²) in [4.78, 5) is 0. The summed E-state index contributed by atoms with van der Waals surface area (Å²) >= 11 is 0. The molecule has 4 rings (SSSR count). The monoisotopic (exact) mass is 358 g/mol. The van der Waals surface area contributed by atoms with Gasteiger partial charge in [-0.2, -0.15) is 0 Å². The summed E-state index contributed by atoms with van der Waals surface area (Å²) in [6.07, 6.45) is 8.40. The molecule has 1 aromatic carbocycles. The van der Waals surface area contributed by atoms with Gasteiger partial charge in [-0.3, -0.25) is 0 Å². The van der Waals surface area contributed by atoms with E-state index in [1.54, 1.807) is 12.7 Å². The van der Waals surface area contributed by atoms with E-state index in [0.717, 1.165) is 23.5 Å². The smallest absolute Gasteiger partial charge is 0.184 e. The number of ether oxygens (including phenoxy) is 1. The average molecular weight is 359 g/mol. The second kappa shape index (κ2) is 6.13. The van der Waals surface area contributed by atoms with Gasteiger partial charge in [0.15, 0.2) is 8.32 Å². The van der Waals surface area contributed by atoms with E-state index in [2.05, 4.69) is 44.8 Å². The van der Waals surface area contributed by atoms with Crippen LogP contribution in [0, 0.1) is 17.3 Å². The Bertz CT molecular complexity index is 650. The number of hydrogen-bond acceptors (Lipinski definition) is 2. The molecule has 25 heavy (non-hydrogen) atoms. The van der Waals surface area contributed by atoms with E-state index in [9.17, 15) is 0 Å². The van der Waals surface area contributed by atoms with Gasteiger partial charge in [0.2, 0.25) is 0 Å². The van der Waals surface area contributed by atoms with Crippen molar-refractivity contribution < 1.29 is 9.16 Å². The van der Waals surface area contributed by atoms with Crippen molar-refractivity contribution in [3.05, 3.63) is 29.3 Å². The summed E-state index contributed by atoms with van der Waals surface area (Å²) in [6, 6.07) is 6.81. The van der Waals surface area contributed by atoms with Gasteiger partial charge < -0.3 is 9.16 Å². The van der Waals surface area contributed by atoms with Gasteiger partial charge in [0.1, 0.15) is 5.75 Å². The number of methoxy groups -OCH3 is 1. The molecule has 2 fully saturated rings. The predicted octanol–water partition coefficient (Wildman–Crippen LogP) is 5.77. The van der Waals surface area contributed by atoms with Crippen LogP contribution in [0.3, 0.4) is 0 Å². The molecular weight excluding hydrogens is 324 g/mol. The van der Waals surface area contributed by atoms with Crippen LogP contribution in [0.5, 0.6) is 5.75 Å². The first-order chi connectivity index (χ1) is 11.8. The van der Waals surface area contributed by atoms with Crippen LogP contribution in [0.25, 0.3) is 0 Å². The zero-order valence-corrected chi connectivity index (χ0v) is 17.6. The summed E-state index contributed by atoms with van der Waals surface area (Å²) in [5.74, 6) is 3.48. The molecule has 5 atom stereocenters. The third-order valence-electron chi connectivity index (χ3n) is 7.34. The fourth-order valence-electron chi connectivity index (χ4n) is 6.26. The number of hydrogen-bond donors (Lipinski definition) is 0. The molecule has 3 heteroatoms. The third-order valence-corrected chi connectivity index (χ3v) is 8.33. The highest BCUT2D eigenvalue weighted by Crippen LogP contribution is 2.61. The lowest BCUT2D eigenvalue weighted by molar-refractivity contribution is -0.0140. The molecule has 0 aliphatic heterocycles. The Hall–Kier alpha value is -0.803. The zero-order valence-electron chi connectivity index (χ0n) is 16.6. The van der Waals surface area contributed by atoms with E-state index < -0.39 is 8.32 Å². The minimum absolute atomic E-state index is 0.408. The summed E-state index contributed by atoms with van der Waals surface area (Å²) < 4.78 is 12.1. The molecule has 0 radical (unpaired) electrons. The van der Waals surface area contributed by atoms with E-state index in [1.165, 1.54) is 44.1 Å². The summed E-state index contributed by atoms with van der Waals surface area (Å²) in [5.41, 5.74) is 3.57. The third kappa shape index (κ3) is 2.97. The molecule has 0 N–H and O–H groups in total. The van der Waals surface area contributed by atoms with Crippen LogP contribution in [0.15, 0.2) is 18.2 Å². The maximum absolute atomic E-state index is 6.67. The Morgan fingerprint density at radius 3 is 2.60 bits per heavy atom. The Balaban J connectivity index is 1.60. The largest absolute Gasteiger partial charge is 0.497 e. The van der Waals surface area contributed by atoms with E-state index in [-0.39, 0.29) is 0 Å². The van der Waals surface area contributed by atoms with E-state index in [0.29, 0.717) is 11.5 Å². The van der Waals surface area contributed by atoms with Crippen LogP contribution in [0.1, 0.15) is 56.1 Å². The molecule has 0 aromatic heterocycles. The lowest BCUT2D eigenvalue weighted by Crippen LogP contribution is -2.47. The first-order valence-corrected chi connectivity index (χ1v) is 13.6. The molecule has 0 saturated heterocycles. The molecule has 0 spiro atoms. The number of aryl methyl sites for hydroxylation is 1. The van der Waals surface area contributed by atoms with E-state index in [4.69, 9.17) is 9.16 Å². The topological polar surface area (TPSA) is 18.5 Å². The molecule has 1 aromatic rings. The fraction of sp³-hybridized carbons (Fsp3) is 0.727. The number of benzene rings is 1. The van der Waals surface area contributed by atoms with Gasteiger partial charge in [0, 0.05) is 0 Å². The highest BCUT2D eigenvalue weighted by molar-refractivity contribution is 6.69. The molecule has 2 nitrogen and oxygen atoms in total. The Morgan fingerprint density at radius 2 is 1.88 bits per heavy atom. The minimum atomic E-state index is -1.47. The lowest BCUT2D eigenvalue weighted by Gasteiger charge is -2.51. The maximum atomic E-state index is 6.67. The summed E-state index contributed by atoms with van der Waals surface area (Å²) in [5, 5.41) is 0. The van der Waals surface area contributed by atoms with Crippen LogP contribution in [-0.4, -0.2) is 21.5 Å². The van der Waals surface area contributed by atoms with Crippen molar-refractivity contribution in [2.24, 2.45) is 17.3 Å². The van der Waals surface area contributed by atoms with Crippen molar-refractivity contribution in [2.75, 3.05) is 7.11 Å². The van der Waals surface area contributed by atoms with Gasteiger partial charge in [-0.05, 0) is 105 Å². The molecule has 0 amide bonds. The molecule has 2 saturated carbocycles. The van der Waals surface area contributed by atoms with E-state index in [1.807, 2.05) is 0 Å². The quantitative estimate of drug-likeness (QED) is 0.638. The molecular formula is C22H34O2Si. The fourth-order valence-corrected chi connectivity index (χ4v) is 7.50. The molecule has 3 aliphatic rings. The van der Waals surface area contributed by atoms with Crippen molar-refractivity contribution in [3.8, 4) is 5.75 Å². The van der Waals surface area contributed by atoms with Crippen LogP contribution >= 0.6 is 0 Å². The zero-order chi connectivity index (χ0) is 17.8. The number of fused-ring (bicyclic) bond motifs is 5. The van der Waals surface area contributed by atoms with Crippen molar-refractivity contribution in [1.82, 2.24) is 0 Å². The van der Waals surface area contributed by atoms with Crippen molar-refractivity contribution in [2.45, 2.75) is 77.1 Å². The van der Waals surface area contributed by atoms with Gasteiger partial charge in [-0.1, -0.05) is 13.0 Å². The van der Waals surface area contributed by atoms with Gasteiger partial charge in [0.25, 0.3) is 0 Å². The van der Waals surface area contributed by atoms with Gasteiger partial charge in [-0.25, -0.2) is 0 Å². The second-order valence-corrected chi connectivity index (χ2v) is 14.3. The SMILES string of the molecule is COc1ccc2c(c1)CC[C@@H]1[C@@H]2CC[C@]2(C)[C@@H](O[Si](C)(C)C)CC[C@@H]12. The number of rotatable bonds is 3. The lowest BCUT2D eigenvalue weighted by atomic mass is 9.55. The Kier molecular flexibility index (Phi) is 4.31. The summed E-state index contributed by atoms with van der Waals surface area (Å²) in [7, 11) is 0.303. The van der Waals surface area contributed by atoms with Gasteiger partial charge in [0.05, 0.1) is 13.2 Å². The standard InChI is InChI=1S/C22H34O2Si/c1-22-13-12-18-17-9-7-16(23-2)14-15(17)6-8-19(18)20(22)10-11-21(22)24-25(3,4)5/h7,9,14,18-21H,6,8,10-13H2,1-5H3/t18-,19-,20+,21+,22+/m1/s1. The highest BCUT2D eigenvalue weighted by Gasteiger charge is 2.55. The van der Waals surface area contributed by atoms with Crippen LogP contribution in [-0.2, 0) is 10.8 Å². The van der Waals surface area contributed by atoms with Crippen molar-refractivity contribution in [3.63, 3.8) is 0 Å². The van der Waals surface area contributed by atoms with Crippen LogP contribution < -0.4 is 4.74 Å². The Morgan fingerprint density at radius 1 is 1.08 bits per heavy atom. The molecule has 0 bridgehead atoms. The van der Waals surface area contributed by atoms with Crippen LogP contribution in [0.2, 0.25) is 19.6 Å². The minimum Gasteiger partial charge on any atom is -0.497 e. The van der Waals surface area contributed by atoms with Gasteiger partial charge >= 0.3 is 0 Å². The first-order valence-electron chi connectivity index (χ1n) is 10.2. The molecule has 0 unspecified atom stereocenters. The first kappa shape index (κ1) is 17.6. The summed E-state index contributed by atoms with van der Waals surface area (Å²) in [6.45, 7) is 9.59. The van der Waals surface area contributed by atoms with Gasteiger partial charge in [-0.15, -0.1) is 0 Å².